The van der Waals surface area contributed by atoms with Gasteiger partial charge in [-0.15, -0.1) is 24.2 Å². The topological polar surface area (TPSA) is 46.3 Å². The van der Waals surface area contributed by atoms with Crippen LogP contribution >= 0.6 is 35.8 Å². The lowest BCUT2D eigenvalue weighted by molar-refractivity contribution is -0.128. The van der Waals surface area contributed by atoms with Crippen molar-refractivity contribution in [1.82, 2.24) is 4.90 Å². The van der Waals surface area contributed by atoms with Crippen LogP contribution in [0.3, 0.4) is 0 Å². The number of thioether (sulfide) groups is 1. The molecule has 1 aromatic carbocycles. The maximum atomic E-state index is 12.0. The minimum Gasteiger partial charge on any atom is -0.344 e. The van der Waals surface area contributed by atoms with Crippen LogP contribution in [0.15, 0.2) is 24.3 Å². The van der Waals surface area contributed by atoms with E-state index >= 15 is 0 Å². The van der Waals surface area contributed by atoms with Crippen LogP contribution in [-0.2, 0) is 10.5 Å². The highest BCUT2D eigenvalue weighted by Crippen LogP contribution is 2.18. The standard InChI is InChI=1S/C15H23ClN2OS.ClH/c1-15(2,10-17)11-18(3)14(19)9-20-8-12-5-4-6-13(16)7-12;/h4-7H,8-11,17H2,1-3H3;1H. The van der Waals surface area contributed by atoms with E-state index in [1.807, 2.05) is 31.3 Å². The molecule has 1 aromatic rings. The fraction of sp³-hybridized carbons (Fsp3) is 0.533. The van der Waals surface area contributed by atoms with E-state index in [0.29, 0.717) is 18.8 Å². The maximum Gasteiger partial charge on any atom is 0.232 e. The first-order valence-corrected chi connectivity index (χ1v) is 8.13. The molecule has 1 amide bonds. The van der Waals surface area contributed by atoms with Crippen molar-refractivity contribution in [2.75, 3.05) is 25.9 Å². The van der Waals surface area contributed by atoms with Gasteiger partial charge in [0.2, 0.25) is 5.91 Å². The Kier molecular flexibility index (Phi) is 9.38. The minimum atomic E-state index is -0.0397. The van der Waals surface area contributed by atoms with Gasteiger partial charge in [-0.2, -0.15) is 0 Å². The molecule has 0 aliphatic carbocycles. The average Bonchev–Trinajstić information content (AvgIpc) is 2.38. The molecule has 0 aliphatic heterocycles. The largest absolute Gasteiger partial charge is 0.344 e. The van der Waals surface area contributed by atoms with E-state index in [-0.39, 0.29) is 23.7 Å². The molecule has 0 bridgehead atoms. The van der Waals surface area contributed by atoms with Crippen molar-refractivity contribution in [1.29, 1.82) is 0 Å². The summed E-state index contributed by atoms with van der Waals surface area (Å²) in [7, 11) is 1.83. The summed E-state index contributed by atoms with van der Waals surface area (Å²) in [5.74, 6) is 1.41. The zero-order valence-corrected chi connectivity index (χ0v) is 15.2. The van der Waals surface area contributed by atoms with Crippen LogP contribution in [0, 0.1) is 5.41 Å². The Balaban J connectivity index is 0.00000400. The molecule has 0 atom stereocenters. The van der Waals surface area contributed by atoms with E-state index in [1.54, 1.807) is 16.7 Å². The zero-order valence-electron chi connectivity index (χ0n) is 12.8. The van der Waals surface area contributed by atoms with Gasteiger partial charge in [0.25, 0.3) is 0 Å². The third-order valence-corrected chi connectivity index (χ3v) is 4.25. The highest BCUT2D eigenvalue weighted by molar-refractivity contribution is 7.99. The van der Waals surface area contributed by atoms with Crippen LogP contribution < -0.4 is 5.73 Å². The molecule has 3 nitrogen and oxygen atoms in total. The molecule has 0 aromatic heterocycles. The summed E-state index contributed by atoms with van der Waals surface area (Å²) >= 11 is 7.53. The van der Waals surface area contributed by atoms with Gasteiger partial charge in [-0.05, 0) is 29.7 Å². The van der Waals surface area contributed by atoms with Gasteiger partial charge in [0.05, 0.1) is 5.75 Å². The molecule has 0 spiro atoms. The lowest BCUT2D eigenvalue weighted by Gasteiger charge is -2.29. The molecule has 0 saturated carbocycles. The smallest absolute Gasteiger partial charge is 0.232 e. The average molecular weight is 351 g/mol. The number of carbonyl (C=O) groups is 1. The first-order valence-electron chi connectivity index (χ1n) is 6.60. The van der Waals surface area contributed by atoms with Gasteiger partial charge in [-0.1, -0.05) is 37.6 Å². The maximum absolute atomic E-state index is 12.0. The predicted molar refractivity (Wildman–Crippen MR) is 95.3 cm³/mol. The predicted octanol–water partition coefficient (Wildman–Crippen LogP) is 3.44. The molecule has 0 radical (unpaired) electrons. The second kappa shape index (κ2) is 9.57. The van der Waals surface area contributed by atoms with Gasteiger partial charge in [0.1, 0.15) is 0 Å². The van der Waals surface area contributed by atoms with Crippen LogP contribution in [0.2, 0.25) is 5.02 Å². The zero-order chi connectivity index (χ0) is 15.2. The van der Waals surface area contributed by atoms with E-state index in [2.05, 4.69) is 13.8 Å². The Labute approximate surface area is 143 Å². The normalized spacial score (nSPS) is 10.9. The number of amides is 1. The van der Waals surface area contributed by atoms with Crippen molar-refractivity contribution in [2.24, 2.45) is 11.1 Å². The third kappa shape index (κ3) is 7.96. The fourth-order valence-corrected chi connectivity index (χ4v) is 2.91. The number of halogens is 2. The van der Waals surface area contributed by atoms with Crippen molar-refractivity contribution in [3.63, 3.8) is 0 Å². The van der Waals surface area contributed by atoms with Crippen molar-refractivity contribution >= 4 is 41.7 Å². The monoisotopic (exact) mass is 350 g/mol. The lowest BCUT2D eigenvalue weighted by Crippen LogP contribution is -2.40. The van der Waals surface area contributed by atoms with Crippen molar-refractivity contribution in [2.45, 2.75) is 19.6 Å². The second-order valence-electron chi connectivity index (χ2n) is 5.74. The molecule has 1 rings (SSSR count). The second-order valence-corrected chi connectivity index (χ2v) is 7.16. The number of benzene rings is 1. The van der Waals surface area contributed by atoms with Gasteiger partial charge < -0.3 is 10.6 Å². The molecule has 21 heavy (non-hydrogen) atoms. The summed E-state index contributed by atoms with van der Waals surface area (Å²) in [6.45, 7) is 5.38. The molecule has 0 unspecified atom stereocenters. The summed E-state index contributed by atoms with van der Waals surface area (Å²) in [6.07, 6.45) is 0. The highest BCUT2D eigenvalue weighted by atomic mass is 35.5. The first kappa shape index (κ1) is 20.6. The molecule has 120 valence electrons. The molecule has 0 heterocycles. The van der Waals surface area contributed by atoms with Crippen LogP contribution in [0.4, 0.5) is 0 Å². The van der Waals surface area contributed by atoms with Crippen molar-refractivity contribution < 1.29 is 4.79 Å². The van der Waals surface area contributed by atoms with Crippen LogP contribution in [0.25, 0.3) is 0 Å². The number of hydrogen-bond acceptors (Lipinski definition) is 3. The van der Waals surface area contributed by atoms with Gasteiger partial charge in [-0.25, -0.2) is 0 Å². The molecule has 2 N–H and O–H groups in total. The SMILES string of the molecule is CN(CC(C)(C)CN)C(=O)CSCc1cccc(Cl)c1.Cl. The molecule has 6 heteroatoms. The molecular weight excluding hydrogens is 327 g/mol. The van der Waals surface area contributed by atoms with Crippen LogP contribution in [-0.4, -0.2) is 36.7 Å². The van der Waals surface area contributed by atoms with Gasteiger partial charge in [-0.3, -0.25) is 4.79 Å². The van der Waals surface area contributed by atoms with Crippen molar-refractivity contribution in [3.8, 4) is 0 Å². The number of hydrogen-bond donors (Lipinski definition) is 1. The van der Waals surface area contributed by atoms with E-state index < -0.39 is 0 Å². The Hall–Kier alpha value is -0.420. The van der Waals surface area contributed by atoms with E-state index in [1.165, 1.54) is 0 Å². The van der Waals surface area contributed by atoms with Gasteiger partial charge >= 0.3 is 0 Å². The first-order chi connectivity index (χ1) is 9.34. The Morgan fingerprint density at radius 3 is 2.67 bits per heavy atom. The van der Waals surface area contributed by atoms with Crippen LogP contribution in [0.1, 0.15) is 19.4 Å². The van der Waals surface area contributed by atoms with E-state index in [0.717, 1.165) is 16.3 Å². The van der Waals surface area contributed by atoms with E-state index in [9.17, 15) is 4.79 Å². The van der Waals surface area contributed by atoms with Gasteiger partial charge in [0.15, 0.2) is 0 Å². The molecular formula is C15H24Cl2N2OS. The molecule has 0 aliphatic rings. The Morgan fingerprint density at radius 1 is 1.43 bits per heavy atom. The summed E-state index contributed by atoms with van der Waals surface area (Å²) in [6, 6.07) is 7.73. The number of nitrogens with zero attached hydrogens (tertiary/aromatic N) is 1. The summed E-state index contributed by atoms with van der Waals surface area (Å²) in [5, 5.41) is 0.733. The Morgan fingerprint density at radius 2 is 2.10 bits per heavy atom. The summed E-state index contributed by atoms with van der Waals surface area (Å²) in [5.41, 5.74) is 6.79. The van der Waals surface area contributed by atoms with E-state index in [4.69, 9.17) is 17.3 Å². The number of rotatable bonds is 7. The minimum absolute atomic E-state index is 0. The number of nitrogens with two attached hydrogens (primary N) is 1. The quantitative estimate of drug-likeness (QED) is 0.819. The summed E-state index contributed by atoms with van der Waals surface area (Å²) < 4.78 is 0. The lowest BCUT2D eigenvalue weighted by atomic mass is 9.93. The number of carbonyl (C=O) groups excluding carboxylic acids is 1. The van der Waals surface area contributed by atoms with Crippen molar-refractivity contribution in [3.05, 3.63) is 34.9 Å². The van der Waals surface area contributed by atoms with Gasteiger partial charge in [0, 0.05) is 24.4 Å². The fourth-order valence-electron chi connectivity index (χ4n) is 1.79. The Bertz CT molecular complexity index is 455. The molecule has 0 fully saturated rings. The summed E-state index contributed by atoms with van der Waals surface area (Å²) in [4.78, 5) is 13.8. The highest BCUT2D eigenvalue weighted by Gasteiger charge is 2.20. The molecule has 0 saturated heterocycles. The third-order valence-electron chi connectivity index (χ3n) is 3.03. The van der Waals surface area contributed by atoms with Crippen LogP contribution in [0.5, 0.6) is 0 Å².